The van der Waals surface area contributed by atoms with Gasteiger partial charge in [-0.1, -0.05) is 84.0 Å². The molecule has 0 aliphatic carbocycles. The molecule has 0 aromatic carbocycles. The Morgan fingerprint density at radius 3 is 1.65 bits per heavy atom. The maximum Gasteiger partial charge on any atom is 0.227 e. The molecule has 0 radical (unpaired) electrons. The molecule has 1 N–H and O–H groups in total. The van der Waals surface area contributed by atoms with Gasteiger partial charge in [0.05, 0.1) is 5.41 Å². The van der Waals surface area contributed by atoms with Gasteiger partial charge in [-0.2, -0.15) is 0 Å². The van der Waals surface area contributed by atoms with Gasteiger partial charge in [0.1, 0.15) is 0 Å². The Balaban J connectivity index is 1.76. The van der Waals surface area contributed by atoms with Crippen molar-refractivity contribution in [2.75, 3.05) is 6.54 Å². The molecule has 1 fully saturated rings. The number of amides is 1. The first-order valence-corrected chi connectivity index (χ1v) is 8.97. The molecule has 1 heterocycles. The lowest BCUT2D eigenvalue weighted by Crippen LogP contribution is -2.57. The Morgan fingerprint density at radius 1 is 0.850 bits per heavy atom. The molecule has 2 heteroatoms. The van der Waals surface area contributed by atoms with E-state index in [1.54, 1.807) is 0 Å². The minimum atomic E-state index is -0.0293. The molecule has 1 rings (SSSR count). The lowest BCUT2D eigenvalue weighted by molar-refractivity contribution is -0.139. The summed E-state index contributed by atoms with van der Waals surface area (Å²) >= 11 is 0. The van der Waals surface area contributed by atoms with Gasteiger partial charge in [0.2, 0.25) is 5.91 Å². The number of nitrogens with one attached hydrogen (secondary N) is 1. The highest BCUT2D eigenvalue weighted by Crippen LogP contribution is 2.30. The first-order chi connectivity index (χ1) is 9.69. The van der Waals surface area contributed by atoms with Crippen molar-refractivity contribution in [1.82, 2.24) is 5.32 Å². The number of hydrogen-bond donors (Lipinski definition) is 1. The van der Waals surface area contributed by atoms with Crippen LogP contribution in [0.5, 0.6) is 0 Å². The second-order valence-corrected chi connectivity index (χ2v) is 6.88. The third kappa shape index (κ3) is 6.76. The van der Waals surface area contributed by atoms with E-state index >= 15 is 0 Å². The Kier molecular flexibility index (Phi) is 8.97. The van der Waals surface area contributed by atoms with Crippen LogP contribution in [0.1, 0.15) is 97.3 Å². The molecule has 1 atom stereocenters. The van der Waals surface area contributed by atoms with E-state index in [1.807, 2.05) is 0 Å². The van der Waals surface area contributed by atoms with Crippen LogP contribution in [0.3, 0.4) is 0 Å². The van der Waals surface area contributed by atoms with Crippen LogP contribution in [-0.4, -0.2) is 12.5 Å². The lowest BCUT2D eigenvalue weighted by Gasteiger charge is -2.37. The zero-order valence-corrected chi connectivity index (χ0v) is 13.8. The second-order valence-electron chi connectivity index (χ2n) is 6.88. The van der Waals surface area contributed by atoms with Crippen molar-refractivity contribution in [1.29, 1.82) is 0 Å². The highest BCUT2D eigenvalue weighted by atomic mass is 16.2. The van der Waals surface area contributed by atoms with Crippen molar-refractivity contribution in [2.24, 2.45) is 5.41 Å². The fourth-order valence-electron chi connectivity index (χ4n) is 3.02. The number of β-lactam (4-membered cyclic amide) rings is 1. The Morgan fingerprint density at radius 2 is 1.30 bits per heavy atom. The van der Waals surface area contributed by atoms with Crippen molar-refractivity contribution in [3.8, 4) is 0 Å². The highest BCUT2D eigenvalue weighted by molar-refractivity contribution is 5.88. The maximum atomic E-state index is 11.4. The number of unbranched alkanes of at least 4 members (excludes halogenated alkanes) is 11. The van der Waals surface area contributed by atoms with Gasteiger partial charge in [0.25, 0.3) is 0 Å². The summed E-state index contributed by atoms with van der Waals surface area (Å²) in [7, 11) is 0. The van der Waals surface area contributed by atoms with E-state index in [-0.39, 0.29) is 11.3 Å². The van der Waals surface area contributed by atoms with Crippen LogP contribution in [0, 0.1) is 5.41 Å². The minimum absolute atomic E-state index is 0.0293. The summed E-state index contributed by atoms with van der Waals surface area (Å²) in [6.45, 7) is 5.27. The summed E-state index contributed by atoms with van der Waals surface area (Å²) in [5, 5.41) is 2.85. The van der Waals surface area contributed by atoms with Crippen LogP contribution in [0.2, 0.25) is 0 Å². The van der Waals surface area contributed by atoms with Crippen LogP contribution in [-0.2, 0) is 4.79 Å². The second kappa shape index (κ2) is 10.2. The molecule has 118 valence electrons. The smallest absolute Gasteiger partial charge is 0.227 e. The quantitative estimate of drug-likeness (QED) is 0.364. The van der Waals surface area contributed by atoms with E-state index in [0.717, 1.165) is 13.0 Å². The van der Waals surface area contributed by atoms with E-state index in [1.165, 1.54) is 77.0 Å². The molecule has 0 spiro atoms. The van der Waals surface area contributed by atoms with Gasteiger partial charge in [-0.3, -0.25) is 4.79 Å². The van der Waals surface area contributed by atoms with E-state index in [4.69, 9.17) is 0 Å². The van der Waals surface area contributed by atoms with Gasteiger partial charge in [-0.05, 0) is 13.3 Å². The average Bonchev–Trinajstić information content (AvgIpc) is 2.46. The van der Waals surface area contributed by atoms with Crippen molar-refractivity contribution in [3.63, 3.8) is 0 Å². The molecule has 1 amide bonds. The summed E-state index contributed by atoms with van der Waals surface area (Å²) in [4.78, 5) is 11.4. The van der Waals surface area contributed by atoms with Crippen molar-refractivity contribution >= 4 is 5.91 Å². The van der Waals surface area contributed by atoms with Crippen molar-refractivity contribution in [2.45, 2.75) is 97.3 Å². The normalized spacial score (nSPS) is 21.6. The molecule has 1 aliphatic heterocycles. The third-order valence-electron chi connectivity index (χ3n) is 4.77. The molecule has 0 aromatic heterocycles. The molecule has 0 bridgehead atoms. The van der Waals surface area contributed by atoms with Crippen LogP contribution in [0.15, 0.2) is 0 Å². The number of carbonyl (C=O) groups excluding carboxylic acids is 1. The van der Waals surface area contributed by atoms with E-state index in [9.17, 15) is 4.79 Å². The van der Waals surface area contributed by atoms with E-state index in [0.29, 0.717) is 0 Å². The molecule has 1 saturated heterocycles. The van der Waals surface area contributed by atoms with Gasteiger partial charge in [0, 0.05) is 6.54 Å². The molecule has 20 heavy (non-hydrogen) atoms. The summed E-state index contributed by atoms with van der Waals surface area (Å²) in [5.41, 5.74) is -0.0293. The number of rotatable bonds is 13. The zero-order chi connectivity index (χ0) is 14.7. The third-order valence-corrected chi connectivity index (χ3v) is 4.77. The van der Waals surface area contributed by atoms with Gasteiger partial charge in [-0.15, -0.1) is 0 Å². The summed E-state index contributed by atoms with van der Waals surface area (Å²) < 4.78 is 0. The van der Waals surface area contributed by atoms with Gasteiger partial charge >= 0.3 is 0 Å². The fraction of sp³-hybridized carbons (Fsp3) is 0.944. The molecule has 1 unspecified atom stereocenters. The zero-order valence-electron chi connectivity index (χ0n) is 13.8. The van der Waals surface area contributed by atoms with Crippen LogP contribution >= 0.6 is 0 Å². The van der Waals surface area contributed by atoms with Crippen LogP contribution in [0.4, 0.5) is 0 Å². The predicted octanol–water partition coefficient (Wildman–Crippen LogP) is 5.21. The predicted molar refractivity (Wildman–Crippen MR) is 86.8 cm³/mol. The highest BCUT2D eigenvalue weighted by Gasteiger charge is 2.40. The molecule has 1 aliphatic rings. The lowest BCUT2D eigenvalue weighted by atomic mass is 9.78. The monoisotopic (exact) mass is 281 g/mol. The molecular weight excluding hydrogens is 246 g/mol. The van der Waals surface area contributed by atoms with Crippen molar-refractivity contribution < 1.29 is 4.79 Å². The standard InChI is InChI=1S/C18H35NO/c1-3-4-5-6-7-8-9-10-11-12-13-14-15-18(2)16-19-17(18)20/h3-16H2,1-2H3,(H,19,20). The average molecular weight is 281 g/mol. The Hall–Kier alpha value is -0.530. The largest absolute Gasteiger partial charge is 0.355 e. The molecule has 2 nitrogen and oxygen atoms in total. The first kappa shape index (κ1) is 17.5. The molecule has 0 aromatic rings. The number of carbonyl (C=O) groups is 1. The summed E-state index contributed by atoms with van der Waals surface area (Å²) in [5.74, 6) is 0.264. The first-order valence-electron chi connectivity index (χ1n) is 8.97. The van der Waals surface area contributed by atoms with Crippen molar-refractivity contribution in [3.05, 3.63) is 0 Å². The maximum absolute atomic E-state index is 11.4. The van der Waals surface area contributed by atoms with E-state index in [2.05, 4.69) is 19.2 Å². The fourth-order valence-corrected chi connectivity index (χ4v) is 3.02. The van der Waals surface area contributed by atoms with Gasteiger partial charge in [0.15, 0.2) is 0 Å². The number of hydrogen-bond acceptors (Lipinski definition) is 1. The Bertz CT molecular complexity index is 264. The SMILES string of the molecule is CCCCCCCCCCCCCCC1(C)CNC1=O. The molecule has 0 saturated carbocycles. The van der Waals surface area contributed by atoms with E-state index < -0.39 is 0 Å². The summed E-state index contributed by atoms with van der Waals surface area (Å²) in [6, 6.07) is 0. The minimum Gasteiger partial charge on any atom is -0.355 e. The Labute approximate surface area is 126 Å². The molecular formula is C18H35NO. The van der Waals surface area contributed by atoms with Gasteiger partial charge in [-0.25, -0.2) is 0 Å². The summed E-state index contributed by atoms with van der Waals surface area (Å²) in [6.07, 6.45) is 17.7. The van der Waals surface area contributed by atoms with Gasteiger partial charge < -0.3 is 5.32 Å². The van der Waals surface area contributed by atoms with Crippen LogP contribution < -0.4 is 5.32 Å². The topological polar surface area (TPSA) is 29.1 Å². The van der Waals surface area contributed by atoms with Crippen LogP contribution in [0.25, 0.3) is 0 Å².